The summed E-state index contributed by atoms with van der Waals surface area (Å²) in [5.41, 5.74) is 0.586. The van der Waals surface area contributed by atoms with E-state index < -0.39 is 10.7 Å². The number of non-ortho nitro benzene ring substituents is 1. The van der Waals surface area contributed by atoms with Gasteiger partial charge in [-0.15, -0.1) is 0 Å². The summed E-state index contributed by atoms with van der Waals surface area (Å²) in [6.07, 6.45) is 2.45. The molecule has 20 heavy (non-hydrogen) atoms. The van der Waals surface area contributed by atoms with E-state index in [4.69, 9.17) is 4.42 Å². The van der Waals surface area contributed by atoms with Crippen molar-refractivity contribution in [2.75, 3.05) is 6.54 Å². The van der Waals surface area contributed by atoms with Gasteiger partial charge in [0.1, 0.15) is 12.1 Å². The third-order valence-electron chi connectivity index (χ3n) is 2.62. The molecule has 0 bridgehead atoms. The van der Waals surface area contributed by atoms with Crippen LogP contribution < -0.4 is 5.32 Å². The summed E-state index contributed by atoms with van der Waals surface area (Å²) in [7, 11) is 0. The summed E-state index contributed by atoms with van der Waals surface area (Å²) in [6.45, 7) is 3.44. The first-order valence-corrected chi connectivity index (χ1v) is 6.20. The average Bonchev–Trinajstić information content (AvgIpc) is 2.87. The van der Waals surface area contributed by atoms with Gasteiger partial charge in [0.05, 0.1) is 16.7 Å². The highest BCUT2D eigenvalue weighted by Gasteiger charge is 2.14. The number of benzene rings is 1. The molecule has 0 saturated heterocycles. The van der Waals surface area contributed by atoms with E-state index in [0.29, 0.717) is 12.2 Å². The SMILES string of the molecule is CCCNCc1coc(-c2cc(F)cc([N+](=O)[O-])c2)n1. The van der Waals surface area contributed by atoms with Crippen LogP contribution >= 0.6 is 0 Å². The van der Waals surface area contributed by atoms with Crippen molar-refractivity contribution in [1.29, 1.82) is 0 Å². The zero-order valence-corrected chi connectivity index (χ0v) is 10.9. The maximum Gasteiger partial charge on any atom is 0.273 e. The number of hydrogen-bond donors (Lipinski definition) is 1. The van der Waals surface area contributed by atoms with Gasteiger partial charge in [-0.25, -0.2) is 9.37 Å². The van der Waals surface area contributed by atoms with Gasteiger partial charge in [0.25, 0.3) is 5.69 Å². The van der Waals surface area contributed by atoms with Crippen molar-refractivity contribution in [2.24, 2.45) is 0 Å². The number of nitrogens with zero attached hydrogens (tertiary/aromatic N) is 2. The fourth-order valence-electron chi connectivity index (χ4n) is 1.72. The Labute approximate surface area is 114 Å². The second-order valence-electron chi connectivity index (χ2n) is 4.28. The van der Waals surface area contributed by atoms with Crippen LogP contribution in [0.5, 0.6) is 0 Å². The maximum atomic E-state index is 13.3. The molecule has 106 valence electrons. The van der Waals surface area contributed by atoms with Crippen LogP contribution in [0.3, 0.4) is 0 Å². The minimum Gasteiger partial charge on any atom is -0.444 e. The molecule has 2 aromatic rings. The standard InChI is InChI=1S/C13H14FN3O3/c1-2-3-15-7-11-8-20-13(16-11)9-4-10(14)6-12(5-9)17(18)19/h4-6,8,15H,2-3,7H2,1H3. The molecule has 0 radical (unpaired) electrons. The Balaban J connectivity index is 2.21. The number of oxazole rings is 1. The molecule has 6 nitrogen and oxygen atoms in total. The Morgan fingerprint density at radius 2 is 2.25 bits per heavy atom. The fourth-order valence-corrected chi connectivity index (χ4v) is 1.72. The summed E-state index contributed by atoms with van der Waals surface area (Å²) in [4.78, 5) is 14.2. The molecule has 0 aliphatic rings. The van der Waals surface area contributed by atoms with Gasteiger partial charge in [-0.3, -0.25) is 10.1 Å². The molecule has 0 aliphatic carbocycles. The van der Waals surface area contributed by atoms with Crippen LogP contribution in [0.2, 0.25) is 0 Å². The molecule has 1 aromatic heterocycles. The fraction of sp³-hybridized carbons (Fsp3) is 0.308. The summed E-state index contributed by atoms with van der Waals surface area (Å²) < 4.78 is 18.6. The first kappa shape index (κ1) is 14.1. The molecule has 0 unspecified atom stereocenters. The Morgan fingerprint density at radius 1 is 1.45 bits per heavy atom. The highest BCUT2D eigenvalue weighted by atomic mass is 19.1. The molecule has 0 amide bonds. The van der Waals surface area contributed by atoms with Gasteiger partial charge in [-0.2, -0.15) is 0 Å². The van der Waals surface area contributed by atoms with Crippen molar-refractivity contribution in [3.05, 3.63) is 46.1 Å². The number of rotatable bonds is 6. The van der Waals surface area contributed by atoms with Crippen LogP contribution in [0.1, 0.15) is 19.0 Å². The van der Waals surface area contributed by atoms with Crippen molar-refractivity contribution in [1.82, 2.24) is 10.3 Å². The van der Waals surface area contributed by atoms with E-state index in [2.05, 4.69) is 10.3 Å². The molecular weight excluding hydrogens is 265 g/mol. The van der Waals surface area contributed by atoms with E-state index in [9.17, 15) is 14.5 Å². The summed E-state index contributed by atoms with van der Waals surface area (Å²) >= 11 is 0. The third kappa shape index (κ3) is 3.39. The lowest BCUT2D eigenvalue weighted by Crippen LogP contribution is -2.13. The second-order valence-corrected chi connectivity index (χ2v) is 4.28. The van der Waals surface area contributed by atoms with Crippen LogP contribution in [-0.4, -0.2) is 16.5 Å². The van der Waals surface area contributed by atoms with E-state index in [1.165, 1.54) is 12.3 Å². The van der Waals surface area contributed by atoms with E-state index in [-0.39, 0.29) is 17.1 Å². The summed E-state index contributed by atoms with van der Waals surface area (Å²) in [5.74, 6) is -0.529. The van der Waals surface area contributed by atoms with Crippen molar-refractivity contribution < 1.29 is 13.7 Å². The average molecular weight is 279 g/mol. The van der Waals surface area contributed by atoms with Gasteiger partial charge in [-0.05, 0) is 19.0 Å². The van der Waals surface area contributed by atoms with Gasteiger partial charge in [0.15, 0.2) is 0 Å². The zero-order chi connectivity index (χ0) is 14.5. The molecule has 0 spiro atoms. The number of nitro benzene ring substituents is 1. The minimum absolute atomic E-state index is 0.167. The monoisotopic (exact) mass is 279 g/mol. The van der Waals surface area contributed by atoms with Crippen LogP contribution in [0.25, 0.3) is 11.5 Å². The van der Waals surface area contributed by atoms with Crippen molar-refractivity contribution in [3.63, 3.8) is 0 Å². The van der Waals surface area contributed by atoms with Gasteiger partial charge in [0, 0.05) is 18.2 Å². The molecule has 0 atom stereocenters. The van der Waals surface area contributed by atoms with Crippen molar-refractivity contribution >= 4 is 5.69 Å². The van der Waals surface area contributed by atoms with Crippen molar-refractivity contribution in [3.8, 4) is 11.5 Å². The Hall–Kier alpha value is -2.28. The van der Waals surface area contributed by atoms with E-state index in [1.54, 1.807) is 0 Å². The highest BCUT2D eigenvalue weighted by Crippen LogP contribution is 2.25. The predicted molar refractivity (Wildman–Crippen MR) is 70.5 cm³/mol. The van der Waals surface area contributed by atoms with Crippen molar-refractivity contribution in [2.45, 2.75) is 19.9 Å². The van der Waals surface area contributed by atoms with E-state index in [0.717, 1.165) is 25.1 Å². The molecule has 0 fully saturated rings. The van der Waals surface area contributed by atoms with E-state index >= 15 is 0 Å². The van der Waals surface area contributed by atoms with Crippen LogP contribution in [0, 0.1) is 15.9 Å². The first-order chi connectivity index (χ1) is 9.60. The quantitative estimate of drug-likeness (QED) is 0.499. The summed E-state index contributed by atoms with van der Waals surface area (Å²) in [5, 5.41) is 13.8. The smallest absolute Gasteiger partial charge is 0.273 e. The van der Waals surface area contributed by atoms with E-state index in [1.807, 2.05) is 6.92 Å². The number of halogens is 1. The lowest BCUT2D eigenvalue weighted by atomic mass is 10.2. The third-order valence-corrected chi connectivity index (χ3v) is 2.62. The van der Waals surface area contributed by atoms with Gasteiger partial charge in [-0.1, -0.05) is 6.92 Å². The Morgan fingerprint density at radius 3 is 2.95 bits per heavy atom. The molecule has 1 heterocycles. The highest BCUT2D eigenvalue weighted by molar-refractivity contribution is 5.58. The lowest BCUT2D eigenvalue weighted by molar-refractivity contribution is -0.385. The molecular formula is C13H14FN3O3. The zero-order valence-electron chi connectivity index (χ0n) is 10.9. The molecule has 0 aliphatic heterocycles. The maximum absolute atomic E-state index is 13.3. The normalized spacial score (nSPS) is 10.7. The van der Waals surface area contributed by atoms with Gasteiger partial charge in [0.2, 0.25) is 5.89 Å². The molecule has 2 rings (SSSR count). The molecule has 1 aromatic carbocycles. The molecule has 1 N–H and O–H groups in total. The number of nitrogens with one attached hydrogen (secondary N) is 1. The van der Waals surface area contributed by atoms with Crippen LogP contribution in [-0.2, 0) is 6.54 Å². The van der Waals surface area contributed by atoms with Crippen LogP contribution in [0.15, 0.2) is 28.9 Å². The number of nitro groups is 1. The predicted octanol–water partition coefficient (Wildman–Crippen LogP) is 2.89. The number of hydrogen-bond acceptors (Lipinski definition) is 5. The van der Waals surface area contributed by atoms with Gasteiger partial charge < -0.3 is 9.73 Å². The number of aromatic nitrogens is 1. The first-order valence-electron chi connectivity index (χ1n) is 6.20. The molecule has 0 saturated carbocycles. The Bertz CT molecular complexity index is 613. The minimum atomic E-state index is -0.696. The lowest BCUT2D eigenvalue weighted by Gasteiger charge is -1.98. The molecule has 7 heteroatoms. The summed E-state index contributed by atoms with van der Waals surface area (Å²) in [6, 6.07) is 3.25. The topological polar surface area (TPSA) is 81.2 Å². The second kappa shape index (κ2) is 6.25. The largest absolute Gasteiger partial charge is 0.444 e. The Kier molecular flexibility index (Phi) is 4.41. The van der Waals surface area contributed by atoms with Crippen LogP contribution in [0.4, 0.5) is 10.1 Å². The van der Waals surface area contributed by atoms with Gasteiger partial charge >= 0.3 is 0 Å².